The molecule has 3 N–H and O–H groups in total. The van der Waals surface area contributed by atoms with Crippen LogP contribution in [0.25, 0.3) is 0 Å². The third kappa shape index (κ3) is 4.37. The fourth-order valence-electron chi connectivity index (χ4n) is 1.92. The van der Waals surface area contributed by atoms with Gasteiger partial charge in [0, 0.05) is 6.54 Å². The molecule has 0 atom stereocenters. The van der Waals surface area contributed by atoms with Gasteiger partial charge < -0.3 is 20.2 Å². The van der Waals surface area contributed by atoms with Crippen molar-refractivity contribution in [3.05, 3.63) is 0 Å². The Kier molecular flexibility index (Phi) is 6.18. The number of hydrogen-bond donors (Lipinski definition) is 3. The van der Waals surface area contributed by atoms with Gasteiger partial charge in [-0.3, -0.25) is 0 Å². The van der Waals surface area contributed by atoms with Crippen LogP contribution in [-0.2, 0) is 0 Å². The Bertz CT molecular complexity index is 203. The number of rotatable bonds is 5. The molecule has 2 amide bonds. The molecule has 0 unspecified atom stereocenters. The maximum Gasteiger partial charge on any atom is 0.317 e. The Labute approximate surface area is 97.4 Å². The quantitative estimate of drug-likeness (QED) is 0.514. The number of amides is 2. The number of piperazine rings is 1. The van der Waals surface area contributed by atoms with Gasteiger partial charge >= 0.3 is 6.03 Å². The Morgan fingerprint density at radius 3 is 2.69 bits per heavy atom. The number of nitrogens with zero attached hydrogens (tertiary/aromatic N) is 1. The molecular formula is C11H24N3O2+. The number of carbonyl (C=O) groups is 1. The Morgan fingerprint density at radius 1 is 1.44 bits per heavy atom. The molecule has 1 heterocycles. The van der Waals surface area contributed by atoms with E-state index in [4.69, 9.17) is 5.11 Å². The van der Waals surface area contributed by atoms with Crippen LogP contribution in [0.4, 0.5) is 4.79 Å². The van der Waals surface area contributed by atoms with Crippen LogP contribution in [0.5, 0.6) is 0 Å². The fraction of sp³-hybridized carbons (Fsp3) is 0.909. The summed E-state index contributed by atoms with van der Waals surface area (Å²) in [7, 11) is 0. The van der Waals surface area contributed by atoms with Crippen molar-refractivity contribution in [2.75, 3.05) is 45.9 Å². The zero-order chi connectivity index (χ0) is 11.8. The largest absolute Gasteiger partial charge is 0.391 e. The van der Waals surface area contributed by atoms with E-state index < -0.39 is 0 Å². The maximum absolute atomic E-state index is 11.7. The van der Waals surface area contributed by atoms with Crippen molar-refractivity contribution in [3.8, 4) is 0 Å². The number of nitrogens with one attached hydrogen (secondary N) is 2. The number of aliphatic hydroxyl groups is 1. The lowest BCUT2D eigenvalue weighted by molar-refractivity contribution is -0.904. The summed E-state index contributed by atoms with van der Waals surface area (Å²) in [4.78, 5) is 15.0. The standard InChI is InChI=1S/C11H23N3O2/c1-2-3-4-12-11(16)14-7-5-13(6-8-14)9-10-15/h15H,2-10H2,1H3,(H,12,16)/p+1. The van der Waals surface area contributed by atoms with Crippen molar-refractivity contribution in [1.29, 1.82) is 0 Å². The van der Waals surface area contributed by atoms with Crippen molar-refractivity contribution in [2.24, 2.45) is 0 Å². The number of aliphatic hydroxyl groups excluding tert-OH is 1. The zero-order valence-electron chi connectivity index (χ0n) is 10.2. The van der Waals surface area contributed by atoms with Gasteiger partial charge in [-0.25, -0.2) is 4.79 Å². The highest BCUT2D eigenvalue weighted by atomic mass is 16.3. The second-order valence-electron chi connectivity index (χ2n) is 4.30. The SMILES string of the molecule is CCCCNC(=O)N1CC[NH+](CCO)CC1. The molecule has 0 bridgehead atoms. The third-order valence-corrected chi connectivity index (χ3v) is 3.03. The monoisotopic (exact) mass is 230 g/mol. The normalized spacial score (nSPS) is 17.5. The highest BCUT2D eigenvalue weighted by Gasteiger charge is 2.22. The van der Waals surface area contributed by atoms with Crippen molar-refractivity contribution in [1.82, 2.24) is 10.2 Å². The van der Waals surface area contributed by atoms with E-state index >= 15 is 0 Å². The van der Waals surface area contributed by atoms with E-state index in [-0.39, 0.29) is 12.6 Å². The van der Waals surface area contributed by atoms with Crippen LogP contribution in [0.2, 0.25) is 0 Å². The number of unbranched alkanes of at least 4 members (excludes halogenated alkanes) is 1. The lowest BCUT2D eigenvalue weighted by Crippen LogP contribution is -3.15. The Hall–Kier alpha value is -0.810. The summed E-state index contributed by atoms with van der Waals surface area (Å²) in [6, 6.07) is 0.0662. The van der Waals surface area contributed by atoms with E-state index in [9.17, 15) is 4.79 Å². The Morgan fingerprint density at radius 2 is 2.12 bits per heavy atom. The van der Waals surface area contributed by atoms with Crippen LogP contribution in [0.1, 0.15) is 19.8 Å². The molecule has 1 saturated heterocycles. The summed E-state index contributed by atoms with van der Waals surface area (Å²) < 4.78 is 0. The molecule has 1 aliphatic rings. The minimum absolute atomic E-state index is 0.0662. The topological polar surface area (TPSA) is 57.0 Å². The van der Waals surface area contributed by atoms with Gasteiger partial charge in [0.05, 0.1) is 32.8 Å². The second kappa shape index (κ2) is 7.46. The summed E-state index contributed by atoms with van der Waals surface area (Å²) in [5.74, 6) is 0. The highest BCUT2D eigenvalue weighted by molar-refractivity contribution is 5.74. The van der Waals surface area contributed by atoms with Crippen molar-refractivity contribution >= 4 is 6.03 Å². The van der Waals surface area contributed by atoms with Gasteiger partial charge in [0.1, 0.15) is 6.54 Å². The number of urea groups is 1. The third-order valence-electron chi connectivity index (χ3n) is 3.03. The first-order valence-electron chi connectivity index (χ1n) is 6.25. The molecule has 94 valence electrons. The van der Waals surface area contributed by atoms with Gasteiger partial charge in [0.15, 0.2) is 0 Å². The van der Waals surface area contributed by atoms with Crippen molar-refractivity contribution < 1.29 is 14.8 Å². The summed E-state index contributed by atoms with van der Waals surface area (Å²) in [5.41, 5.74) is 0. The smallest absolute Gasteiger partial charge is 0.317 e. The van der Waals surface area contributed by atoms with Crippen LogP contribution in [0.15, 0.2) is 0 Å². The summed E-state index contributed by atoms with van der Waals surface area (Å²) in [6.45, 7) is 7.41. The van der Waals surface area contributed by atoms with Crippen LogP contribution in [-0.4, -0.2) is 61.9 Å². The number of quaternary nitrogens is 1. The van der Waals surface area contributed by atoms with E-state index in [0.717, 1.165) is 52.1 Å². The van der Waals surface area contributed by atoms with Gasteiger partial charge in [-0.05, 0) is 6.42 Å². The molecule has 16 heavy (non-hydrogen) atoms. The minimum atomic E-state index is 0.0662. The lowest BCUT2D eigenvalue weighted by Gasteiger charge is -2.31. The molecule has 0 aromatic heterocycles. The average molecular weight is 230 g/mol. The molecule has 0 aliphatic carbocycles. The molecule has 0 aromatic carbocycles. The molecular weight excluding hydrogens is 206 g/mol. The van der Waals surface area contributed by atoms with Gasteiger partial charge in [-0.2, -0.15) is 0 Å². The molecule has 5 heteroatoms. The van der Waals surface area contributed by atoms with E-state index in [2.05, 4.69) is 12.2 Å². The van der Waals surface area contributed by atoms with Crippen molar-refractivity contribution in [2.45, 2.75) is 19.8 Å². The minimum Gasteiger partial charge on any atom is -0.391 e. The summed E-state index contributed by atoms with van der Waals surface area (Å²) >= 11 is 0. The lowest BCUT2D eigenvalue weighted by atomic mass is 10.3. The summed E-state index contributed by atoms with van der Waals surface area (Å²) in [6.07, 6.45) is 2.15. The first kappa shape index (κ1) is 13.3. The number of hydrogen-bond acceptors (Lipinski definition) is 2. The van der Waals surface area contributed by atoms with E-state index in [1.165, 1.54) is 4.90 Å². The molecule has 0 aromatic rings. The molecule has 0 spiro atoms. The average Bonchev–Trinajstić information content (AvgIpc) is 2.30. The zero-order valence-corrected chi connectivity index (χ0v) is 10.2. The maximum atomic E-state index is 11.7. The highest BCUT2D eigenvalue weighted by Crippen LogP contribution is 1.91. The first-order valence-corrected chi connectivity index (χ1v) is 6.25. The van der Waals surface area contributed by atoms with Crippen molar-refractivity contribution in [3.63, 3.8) is 0 Å². The summed E-state index contributed by atoms with van der Waals surface area (Å²) in [5, 5.41) is 11.8. The molecule has 5 nitrogen and oxygen atoms in total. The molecule has 1 aliphatic heterocycles. The molecule has 1 fully saturated rings. The fourth-order valence-corrected chi connectivity index (χ4v) is 1.92. The molecule has 0 saturated carbocycles. The predicted octanol–water partition coefficient (Wildman–Crippen LogP) is -1.31. The Balaban J connectivity index is 2.17. The second-order valence-corrected chi connectivity index (χ2v) is 4.30. The molecule has 0 radical (unpaired) electrons. The van der Waals surface area contributed by atoms with Crippen LogP contribution < -0.4 is 10.2 Å². The van der Waals surface area contributed by atoms with Crippen LogP contribution in [0, 0.1) is 0 Å². The van der Waals surface area contributed by atoms with Crippen LogP contribution >= 0.6 is 0 Å². The molecule has 1 rings (SSSR count). The first-order chi connectivity index (χ1) is 7.77. The van der Waals surface area contributed by atoms with Gasteiger partial charge in [-0.1, -0.05) is 13.3 Å². The van der Waals surface area contributed by atoms with E-state index in [0.29, 0.717) is 0 Å². The van der Waals surface area contributed by atoms with Crippen LogP contribution in [0.3, 0.4) is 0 Å². The van der Waals surface area contributed by atoms with E-state index in [1.54, 1.807) is 0 Å². The van der Waals surface area contributed by atoms with E-state index in [1.807, 2.05) is 4.90 Å². The number of carbonyl (C=O) groups excluding carboxylic acids is 1. The predicted molar refractivity (Wildman–Crippen MR) is 62.5 cm³/mol. The van der Waals surface area contributed by atoms with Gasteiger partial charge in [0.2, 0.25) is 0 Å². The van der Waals surface area contributed by atoms with Gasteiger partial charge in [-0.15, -0.1) is 0 Å². The van der Waals surface area contributed by atoms with Gasteiger partial charge in [0.25, 0.3) is 0 Å².